The number of hydrogen-bond donors (Lipinski definition) is 2. The lowest BCUT2D eigenvalue weighted by Crippen LogP contribution is -2.37. The maximum Gasteiger partial charge on any atom is 0.417 e. The van der Waals surface area contributed by atoms with Crippen molar-refractivity contribution in [2.75, 3.05) is 0 Å². The van der Waals surface area contributed by atoms with Gasteiger partial charge >= 0.3 is 6.18 Å². The lowest BCUT2D eigenvalue weighted by atomic mass is 9.82. The number of aliphatic hydroxyl groups excluding tert-OH is 1. The van der Waals surface area contributed by atoms with Gasteiger partial charge in [-0.3, -0.25) is 0 Å². The molecule has 0 aliphatic carbocycles. The lowest BCUT2D eigenvalue weighted by Gasteiger charge is -2.31. The molecule has 0 fully saturated rings. The highest BCUT2D eigenvalue weighted by atomic mass is 35.5. The minimum atomic E-state index is -4.54. The number of hydrogen-bond acceptors (Lipinski definition) is 2. The van der Waals surface area contributed by atoms with E-state index in [1.54, 1.807) is 20.8 Å². The molecule has 2 atom stereocenters. The maximum atomic E-state index is 12.7. The Labute approximate surface area is 127 Å². The zero-order valence-electron chi connectivity index (χ0n) is 11.3. The molecule has 0 spiro atoms. The first-order valence-electron chi connectivity index (χ1n) is 5.75. The van der Waals surface area contributed by atoms with E-state index in [0.29, 0.717) is 0 Å². The highest BCUT2D eigenvalue weighted by Gasteiger charge is 2.35. The van der Waals surface area contributed by atoms with Crippen LogP contribution in [0, 0.1) is 5.41 Å². The van der Waals surface area contributed by atoms with Crippen molar-refractivity contribution in [3.63, 3.8) is 0 Å². The van der Waals surface area contributed by atoms with E-state index >= 15 is 0 Å². The first kappa shape index (κ1) is 19.5. The first-order chi connectivity index (χ1) is 8.44. The van der Waals surface area contributed by atoms with Crippen LogP contribution in [0.4, 0.5) is 13.2 Å². The molecule has 3 N–H and O–H groups in total. The van der Waals surface area contributed by atoms with Crippen molar-refractivity contribution >= 4 is 24.0 Å². The van der Waals surface area contributed by atoms with Crippen LogP contribution in [0.5, 0.6) is 0 Å². The molecule has 2 nitrogen and oxygen atoms in total. The second-order valence-corrected chi connectivity index (χ2v) is 5.98. The smallest absolute Gasteiger partial charge is 0.391 e. The van der Waals surface area contributed by atoms with Crippen molar-refractivity contribution in [2.24, 2.45) is 11.1 Å². The molecule has 0 heterocycles. The molecule has 0 bridgehead atoms. The van der Waals surface area contributed by atoms with E-state index in [1.165, 1.54) is 6.07 Å². The molecule has 0 amide bonds. The molecule has 116 valence electrons. The summed E-state index contributed by atoms with van der Waals surface area (Å²) < 4.78 is 38.2. The quantitative estimate of drug-likeness (QED) is 0.853. The van der Waals surface area contributed by atoms with Gasteiger partial charge in [0, 0.05) is 0 Å². The van der Waals surface area contributed by atoms with Crippen molar-refractivity contribution < 1.29 is 18.3 Å². The van der Waals surface area contributed by atoms with Gasteiger partial charge in [0.1, 0.15) is 0 Å². The summed E-state index contributed by atoms with van der Waals surface area (Å²) in [5.74, 6) is 0. The van der Waals surface area contributed by atoms with Crippen LogP contribution < -0.4 is 5.73 Å². The van der Waals surface area contributed by atoms with E-state index in [4.69, 9.17) is 17.3 Å². The lowest BCUT2D eigenvalue weighted by molar-refractivity contribution is -0.137. The number of halogens is 5. The number of alkyl halides is 3. The number of benzene rings is 1. The highest BCUT2D eigenvalue weighted by Crippen LogP contribution is 2.37. The van der Waals surface area contributed by atoms with Gasteiger partial charge < -0.3 is 10.8 Å². The third-order valence-corrected chi connectivity index (χ3v) is 3.24. The average molecular weight is 332 g/mol. The topological polar surface area (TPSA) is 46.2 Å². The van der Waals surface area contributed by atoms with Gasteiger partial charge in [-0.05, 0) is 23.1 Å². The molecule has 0 aliphatic heterocycles. The fraction of sp³-hybridized carbons (Fsp3) is 0.538. The number of rotatable bonds is 2. The molecule has 0 unspecified atom stereocenters. The van der Waals surface area contributed by atoms with Gasteiger partial charge in [0.2, 0.25) is 0 Å². The summed E-state index contributed by atoms with van der Waals surface area (Å²) in [7, 11) is 0. The van der Waals surface area contributed by atoms with E-state index in [9.17, 15) is 18.3 Å². The summed E-state index contributed by atoms with van der Waals surface area (Å²) in [6, 6.07) is 2.53. The fourth-order valence-electron chi connectivity index (χ4n) is 1.69. The summed E-state index contributed by atoms with van der Waals surface area (Å²) in [4.78, 5) is 0. The summed E-state index contributed by atoms with van der Waals surface area (Å²) >= 11 is 5.53. The van der Waals surface area contributed by atoms with E-state index in [0.717, 1.165) is 12.1 Å². The van der Waals surface area contributed by atoms with Crippen LogP contribution in [-0.4, -0.2) is 11.2 Å². The van der Waals surface area contributed by atoms with Gasteiger partial charge in [-0.2, -0.15) is 13.2 Å². The predicted molar refractivity (Wildman–Crippen MR) is 76.1 cm³/mol. The maximum absolute atomic E-state index is 12.7. The fourth-order valence-corrected chi connectivity index (χ4v) is 1.91. The van der Waals surface area contributed by atoms with Gasteiger partial charge in [0.25, 0.3) is 0 Å². The van der Waals surface area contributed by atoms with Crippen LogP contribution in [0.15, 0.2) is 18.2 Å². The van der Waals surface area contributed by atoms with Crippen LogP contribution in [0.3, 0.4) is 0 Å². The summed E-state index contributed by atoms with van der Waals surface area (Å²) in [6.07, 6.45) is -5.51. The first-order valence-corrected chi connectivity index (χ1v) is 6.12. The van der Waals surface area contributed by atoms with E-state index in [2.05, 4.69) is 0 Å². The molecule has 1 rings (SSSR count). The highest BCUT2D eigenvalue weighted by molar-refractivity contribution is 6.31. The predicted octanol–water partition coefficient (Wildman–Crippen LogP) is 4.19. The van der Waals surface area contributed by atoms with Gasteiger partial charge in [-0.15, -0.1) is 12.4 Å². The zero-order chi connectivity index (χ0) is 15.0. The Kier molecular flexibility index (Phi) is 6.36. The van der Waals surface area contributed by atoms with E-state index in [-0.39, 0.29) is 23.0 Å². The van der Waals surface area contributed by atoms with Crippen molar-refractivity contribution in [2.45, 2.75) is 39.1 Å². The molecule has 0 saturated carbocycles. The molecule has 0 saturated heterocycles. The van der Waals surface area contributed by atoms with Crippen molar-refractivity contribution in [1.82, 2.24) is 0 Å². The van der Waals surface area contributed by atoms with E-state index in [1.807, 2.05) is 0 Å². The normalized spacial score (nSPS) is 15.4. The Hall–Kier alpha value is -0.490. The Bertz CT molecular complexity index is 458. The Balaban J connectivity index is 0.00000361. The molecule has 0 aliphatic rings. The van der Waals surface area contributed by atoms with Crippen LogP contribution in [0.1, 0.15) is 37.9 Å². The van der Waals surface area contributed by atoms with Crippen LogP contribution in [0.25, 0.3) is 0 Å². The van der Waals surface area contributed by atoms with Crippen LogP contribution >= 0.6 is 24.0 Å². The van der Waals surface area contributed by atoms with Crippen molar-refractivity contribution in [3.8, 4) is 0 Å². The third-order valence-electron chi connectivity index (χ3n) is 2.91. The van der Waals surface area contributed by atoms with Crippen LogP contribution in [0.2, 0.25) is 5.02 Å². The standard InChI is InChI=1S/C13H17ClF3NO.ClH/c1-12(2,3)11(19)10(18)7-4-5-9(14)8(6-7)13(15,16)17;/h4-6,10-11,19H,18H2,1-3H3;1H/t10-,11-;/m1./s1. The molecular weight excluding hydrogens is 314 g/mol. The summed E-state index contributed by atoms with van der Waals surface area (Å²) in [6.45, 7) is 5.29. The van der Waals surface area contributed by atoms with E-state index < -0.39 is 29.3 Å². The monoisotopic (exact) mass is 331 g/mol. The molecule has 0 radical (unpaired) electrons. The number of aliphatic hydroxyl groups is 1. The molecular formula is C13H18Cl2F3NO. The molecule has 7 heteroatoms. The second-order valence-electron chi connectivity index (χ2n) is 5.57. The number of nitrogens with two attached hydrogens (primary N) is 1. The SMILES string of the molecule is CC(C)(C)[C@H](O)[C@H](N)c1ccc(Cl)c(C(F)(F)F)c1.Cl. The van der Waals surface area contributed by atoms with Gasteiger partial charge in [-0.25, -0.2) is 0 Å². The summed E-state index contributed by atoms with van der Waals surface area (Å²) in [5.41, 5.74) is 4.56. The molecule has 1 aromatic rings. The van der Waals surface area contributed by atoms with Crippen molar-refractivity contribution in [3.05, 3.63) is 34.3 Å². The van der Waals surface area contributed by atoms with Gasteiger partial charge in [0.05, 0.1) is 22.7 Å². The van der Waals surface area contributed by atoms with Gasteiger partial charge in [-0.1, -0.05) is 38.4 Å². The molecule has 0 aromatic heterocycles. The molecule has 1 aromatic carbocycles. The second kappa shape index (κ2) is 6.52. The Morgan fingerprint density at radius 3 is 2.10 bits per heavy atom. The summed E-state index contributed by atoms with van der Waals surface area (Å²) in [5, 5.41) is 9.65. The van der Waals surface area contributed by atoms with Crippen molar-refractivity contribution in [1.29, 1.82) is 0 Å². The van der Waals surface area contributed by atoms with Crippen LogP contribution in [-0.2, 0) is 6.18 Å². The largest absolute Gasteiger partial charge is 0.417 e. The average Bonchev–Trinajstić information content (AvgIpc) is 2.25. The Morgan fingerprint density at radius 1 is 1.20 bits per heavy atom. The minimum Gasteiger partial charge on any atom is -0.391 e. The zero-order valence-corrected chi connectivity index (χ0v) is 12.9. The Morgan fingerprint density at radius 2 is 1.70 bits per heavy atom. The third kappa shape index (κ3) is 4.52. The molecule has 20 heavy (non-hydrogen) atoms. The van der Waals surface area contributed by atoms with Gasteiger partial charge in [0.15, 0.2) is 0 Å². The minimum absolute atomic E-state index is 0.